The maximum absolute atomic E-state index is 12.3. The molecule has 1 aliphatic heterocycles. The fourth-order valence-electron chi connectivity index (χ4n) is 2.84. The number of carboxylic acid groups (broad SMARTS) is 1. The molecule has 1 fully saturated rings. The first kappa shape index (κ1) is 19.2. The molecule has 0 aromatic heterocycles. The van der Waals surface area contributed by atoms with Crippen molar-refractivity contribution in [2.45, 2.75) is 37.1 Å². The summed E-state index contributed by atoms with van der Waals surface area (Å²) < 4.78 is 28.3. The third-order valence-electron chi connectivity index (χ3n) is 4.39. The maximum atomic E-state index is 12.3. The summed E-state index contributed by atoms with van der Waals surface area (Å²) in [4.78, 5) is 25.3. The molecule has 25 heavy (non-hydrogen) atoms. The van der Waals surface area contributed by atoms with Gasteiger partial charge in [0.2, 0.25) is 5.91 Å². The monoisotopic (exact) mass is 369 g/mol. The quantitative estimate of drug-likeness (QED) is 0.817. The van der Waals surface area contributed by atoms with Crippen LogP contribution in [0.4, 0.5) is 0 Å². The van der Waals surface area contributed by atoms with Gasteiger partial charge in [-0.15, -0.1) is 0 Å². The zero-order valence-electron chi connectivity index (χ0n) is 14.3. The lowest BCUT2D eigenvalue weighted by Gasteiger charge is -2.36. The molecule has 0 aliphatic carbocycles. The van der Waals surface area contributed by atoms with Gasteiger partial charge in [-0.1, -0.05) is 0 Å². The van der Waals surface area contributed by atoms with E-state index in [1.54, 1.807) is 17.0 Å². The van der Waals surface area contributed by atoms with Gasteiger partial charge in [0.05, 0.1) is 23.8 Å². The molecule has 0 radical (unpaired) electrons. The van der Waals surface area contributed by atoms with Crippen LogP contribution in [0.2, 0.25) is 0 Å². The zero-order valence-corrected chi connectivity index (χ0v) is 15.2. The molecule has 1 aromatic rings. The van der Waals surface area contributed by atoms with E-state index in [1.807, 2.05) is 6.92 Å². The van der Waals surface area contributed by atoms with Crippen LogP contribution < -0.4 is 4.74 Å². The van der Waals surface area contributed by atoms with Crippen molar-refractivity contribution in [3.63, 3.8) is 0 Å². The molecule has 1 aliphatic rings. The number of likely N-dealkylation sites (tertiary alicyclic amines) is 1. The summed E-state index contributed by atoms with van der Waals surface area (Å²) in [6.07, 6.45) is 2.54. The standard InChI is InChI=1S/C17H23NO6S/c1-12-3-4-13(17(20)21)11-18(12)16(19)9-10-24-14-5-7-15(8-6-14)25(2,22)23/h5-8,12-13H,3-4,9-11H2,1-2H3,(H,20,21)/t12-,13-/m0/s1. The van der Waals surface area contributed by atoms with Gasteiger partial charge in [0.15, 0.2) is 9.84 Å². The molecule has 1 aromatic carbocycles. The number of hydrogen-bond acceptors (Lipinski definition) is 5. The number of rotatable bonds is 6. The Morgan fingerprint density at radius 1 is 1.24 bits per heavy atom. The normalized spacial score (nSPS) is 21.0. The molecule has 138 valence electrons. The number of carbonyl (C=O) groups is 2. The van der Waals surface area contributed by atoms with Crippen LogP contribution in [0.15, 0.2) is 29.2 Å². The van der Waals surface area contributed by atoms with Gasteiger partial charge in [0.1, 0.15) is 5.75 Å². The van der Waals surface area contributed by atoms with E-state index in [2.05, 4.69) is 0 Å². The zero-order chi connectivity index (χ0) is 18.6. The highest BCUT2D eigenvalue weighted by atomic mass is 32.2. The molecule has 0 saturated carbocycles. The van der Waals surface area contributed by atoms with E-state index in [-0.39, 0.29) is 36.4 Å². The molecule has 2 atom stereocenters. The van der Waals surface area contributed by atoms with Crippen molar-refractivity contribution in [2.24, 2.45) is 5.92 Å². The molecule has 2 rings (SSSR count). The largest absolute Gasteiger partial charge is 0.493 e. The highest BCUT2D eigenvalue weighted by Crippen LogP contribution is 2.23. The topological polar surface area (TPSA) is 101 Å². The van der Waals surface area contributed by atoms with Crippen LogP contribution >= 0.6 is 0 Å². The Morgan fingerprint density at radius 2 is 1.88 bits per heavy atom. The average molecular weight is 369 g/mol. The molecule has 1 amide bonds. The van der Waals surface area contributed by atoms with Crippen molar-refractivity contribution < 1.29 is 27.9 Å². The number of carboxylic acids is 1. The summed E-state index contributed by atoms with van der Waals surface area (Å²) in [5.74, 6) is -1.03. The van der Waals surface area contributed by atoms with E-state index in [0.717, 1.165) is 6.26 Å². The Labute approximate surface area is 147 Å². The number of amides is 1. The molecule has 1 saturated heterocycles. The highest BCUT2D eigenvalue weighted by Gasteiger charge is 2.32. The molecule has 8 heteroatoms. The fraction of sp³-hybridized carbons (Fsp3) is 0.529. The molecule has 1 N–H and O–H groups in total. The smallest absolute Gasteiger partial charge is 0.308 e. The first-order valence-corrected chi connectivity index (χ1v) is 10.0. The van der Waals surface area contributed by atoms with Gasteiger partial charge in [0.25, 0.3) is 0 Å². The minimum atomic E-state index is -3.25. The SMILES string of the molecule is C[C@H]1CC[C@H](C(=O)O)CN1C(=O)CCOc1ccc(S(C)(=O)=O)cc1. The number of carbonyl (C=O) groups excluding carboxylic acids is 1. The Morgan fingerprint density at radius 3 is 2.44 bits per heavy atom. The predicted molar refractivity (Wildman–Crippen MR) is 91.2 cm³/mol. The van der Waals surface area contributed by atoms with Crippen molar-refractivity contribution in [3.8, 4) is 5.75 Å². The number of benzene rings is 1. The van der Waals surface area contributed by atoms with Crippen molar-refractivity contribution >= 4 is 21.7 Å². The van der Waals surface area contributed by atoms with Gasteiger partial charge < -0.3 is 14.7 Å². The summed E-state index contributed by atoms with van der Waals surface area (Å²) in [5.41, 5.74) is 0. The number of sulfone groups is 1. The van der Waals surface area contributed by atoms with Crippen LogP contribution in [-0.4, -0.2) is 55.7 Å². The predicted octanol–water partition coefficient (Wildman–Crippen LogP) is 1.57. The molecule has 7 nitrogen and oxygen atoms in total. The van der Waals surface area contributed by atoms with Crippen LogP contribution in [0.25, 0.3) is 0 Å². The van der Waals surface area contributed by atoms with Crippen LogP contribution in [0, 0.1) is 5.92 Å². The second-order valence-corrected chi connectivity index (χ2v) is 8.37. The average Bonchev–Trinajstić information content (AvgIpc) is 2.54. The maximum Gasteiger partial charge on any atom is 0.308 e. The van der Waals surface area contributed by atoms with Crippen LogP contribution in [0.3, 0.4) is 0 Å². The van der Waals surface area contributed by atoms with E-state index in [1.165, 1.54) is 12.1 Å². The second-order valence-electron chi connectivity index (χ2n) is 6.35. The summed E-state index contributed by atoms with van der Waals surface area (Å²) in [7, 11) is -3.25. The molecular formula is C17H23NO6S. The number of hydrogen-bond donors (Lipinski definition) is 1. The van der Waals surface area contributed by atoms with E-state index in [9.17, 15) is 18.0 Å². The van der Waals surface area contributed by atoms with Crippen molar-refractivity contribution in [1.29, 1.82) is 0 Å². The summed E-state index contributed by atoms with van der Waals surface area (Å²) in [5, 5.41) is 9.12. The third kappa shape index (κ3) is 5.19. The summed E-state index contributed by atoms with van der Waals surface area (Å²) in [6.45, 7) is 2.30. The Balaban J connectivity index is 1.86. The first-order valence-electron chi connectivity index (χ1n) is 8.13. The molecular weight excluding hydrogens is 346 g/mol. The minimum Gasteiger partial charge on any atom is -0.493 e. The minimum absolute atomic E-state index is 0.0251. The first-order chi connectivity index (χ1) is 11.7. The lowest BCUT2D eigenvalue weighted by atomic mass is 9.93. The van der Waals surface area contributed by atoms with E-state index in [0.29, 0.717) is 18.6 Å². The summed E-state index contributed by atoms with van der Waals surface area (Å²) >= 11 is 0. The van der Waals surface area contributed by atoms with Crippen molar-refractivity contribution in [1.82, 2.24) is 4.90 Å². The van der Waals surface area contributed by atoms with E-state index in [4.69, 9.17) is 9.84 Å². The van der Waals surface area contributed by atoms with Gasteiger partial charge in [-0.3, -0.25) is 9.59 Å². The lowest BCUT2D eigenvalue weighted by Crippen LogP contribution is -2.47. The van der Waals surface area contributed by atoms with Gasteiger partial charge in [0, 0.05) is 18.8 Å². The van der Waals surface area contributed by atoms with Crippen LogP contribution in [0.1, 0.15) is 26.2 Å². The Hall–Kier alpha value is -2.09. The fourth-order valence-corrected chi connectivity index (χ4v) is 3.47. The Kier molecular flexibility index (Phi) is 6.05. The van der Waals surface area contributed by atoms with Gasteiger partial charge in [-0.25, -0.2) is 8.42 Å². The van der Waals surface area contributed by atoms with Crippen LogP contribution in [-0.2, 0) is 19.4 Å². The lowest BCUT2D eigenvalue weighted by molar-refractivity contribution is -0.147. The second kappa shape index (κ2) is 7.86. The van der Waals surface area contributed by atoms with Crippen molar-refractivity contribution in [3.05, 3.63) is 24.3 Å². The molecule has 0 bridgehead atoms. The van der Waals surface area contributed by atoms with Crippen LogP contribution in [0.5, 0.6) is 5.75 Å². The van der Waals surface area contributed by atoms with Crippen molar-refractivity contribution in [2.75, 3.05) is 19.4 Å². The number of nitrogens with zero attached hydrogens (tertiary/aromatic N) is 1. The van der Waals surface area contributed by atoms with Gasteiger partial charge in [-0.05, 0) is 44.0 Å². The number of ether oxygens (including phenoxy) is 1. The van der Waals surface area contributed by atoms with Gasteiger partial charge in [-0.2, -0.15) is 0 Å². The molecule has 0 spiro atoms. The van der Waals surface area contributed by atoms with E-state index >= 15 is 0 Å². The van der Waals surface area contributed by atoms with Gasteiger partial charge >= 0.3 is 5.97 Å². The summed E-state index contributed by atoms with van der Waals surface area (Å²) in [6, 6.07) is 6.03. The highest BCUT2D eigenvalue weighted by molar-refractivity contribution is 7.90. The molecule has 1 heterocycles. The van der Waals surface area contributed by atoms with E-state index < -0.39 is 21.7 Å². The third-order valence-corrected chi connectivity index (χ3v) is 5.52. The Bertz CT molecular complexity index is 728. The number of piperidine rings is 1. The molecule has 0 unspecified atom stereocenters. The number of aliphatic carboxylic acids is 1.